The molecule has 0 saturated carbocycles. The maximum atomic E-state index is 15.4. The lowest BCUT2D eigenvalue weighted by atomic mass is 9.82. The summed E-state index contributed by atoms with van der Waals surface area (Å²) in [4.78, 5) is 141. The Morgan fingerprint density at radius 1 is 0.662 bits per heavy atom. The minimum atomic E-state index is -1.94. The maximum Gasteiger partial charge on any atom is 0.332 e. The Balaban J connectivity index is 1.99. The van der Waals surface area contributed by atoms with Gasteiger partial charge in [0.15, 0.2) is 23.7 Å². The van der Waals surface area contributed by atoms with E-state index in [0.29, 0.717) is 31.2 Å². The van der Waals surface area contributed by atoms with Crippen LogP contribution in [0.15, 0.2) is 59.1 Å². The van der Waals surface area contributed by atoms with Crippen molar-refractivity contribution >= 4 is 68.9 Å². The van der Waals surface area contributed by atoms with Gasteiger partial charge in [-0.05, 0) is 86.5 Å². The van der Waals surface area contributed by atoms with E-state index < -0.39 is 125 Å². The SMILES string of the molecule is CCC(C)[C@@H]1CC(=O)[C@@H]2CCCN2C(=O)[C@H](Cc2cccc(Br)c2)N(C)C(=O)[C@H](Cc2ccccc2)NC(=O)[C@H](C(C)C)N(C)C(=O)[C@@H](C(C)CC)OC(=O)[C@H](C(C)(C)O)N(C)C(=O)[C@H](CC(C)C)CC(=O)[C@H](C(C)C)N(C)C1=O. The number of hydrogen-bond donors (Lipinski definition) is 2. The molecule has 2 aromatic rings. The number of nitrogens with zero attached hydrogens (tertiary/aromatic N) is 5. The van der Waals surface area contributed by atoms with Crippen molar-refractivity contribution in [2.75, 3.05) is 34.7 Å². The predicted molar refractivity (Wildman–Crippen MR) is 311 cm³/mol. The highest BCUT2D eigenvalue weighted by molar-refractivity contribution is 9.10. The van der Waals surface area contributed by atoms with E-state index in [9.17, 15) is 38.7 Å². The first kappa shape index (κ1) is 67.0. The van der Waals surface area contributed by atoms with Crippen LogP contribution >= 0.6 is 15.9 Å². The van der Waals surface area contributed by atoms with Gasteiger partial charge in [0.05, 0.1) is 17.7 Å². The predicted octanol–water partition coefficient (Wildman–Crippen LogP) is 7.32. The molecule has 80 heavy (non-hydrogen) atoms. The van der Waals surface area contributed by atoms with E-state index >= 15 is 9.59 Å². The highest BCUT2D eigenvalue weighted by atomic mass is 79.9. The number of fused-ring (bicyclic) bond motifs is 1. The number of aliphatic hydroxyl groups is 1. The van der Waals surface area contributed by atoms with Gasteiger partial charge in [0, 0.05) is 82.6 Å². The number of amides is 6. The fraction of sp³-hybridized carbons (Fsp3) is 0.661. The fourth-order valence-corrected chi connectivity index (χ4v) is 12.2. The number of carbonyl (C=O) groups excluding carboxylic acids is 9. The van der Waals surface area contributed by atoms with Gasteiger partial charge < -0.3 is 39.7 Å². The van der Waals surface area contributed by atoms with Gasteiger partial charge in [0.25, 0.3) is 5.91 Å². The monoisotopic (exact) mass is 1180 g/mol. The summed E-state index contributed by atoms with van der Waals surface area (Å²) in [5, 5.41) is 14.7. The molecule has 444 valence electrons. The molecule has 2 aliphatic rings. The molecule has 4 rings (SSSR count). The summed E-state index contributed by atoms with van der Waals surface area (Å²) in [6, 6.07) is 9.12. The van der Waals surface area contributed by atoms with Crippen molar-refractivity contribution in [1.29, 1.82) is 0 Å². The lowest BCUT2D eigenvalue weighted by molar-refractivity contribution is -0.178. The topological polar surface area (TPSA) is 211 Å². The first-order valence-corrected chi connectivity index (χ1v) is 29.6. The van der Waals surface area contributed by atoms with Crippen molar-refractivity contribution in [2.45, 2.75) is 189 Å². The smallest absolute Gasteiger partial charge is 0.332 e. The third-order valence-corrected chi connectivity index (χ3v) is 17.0. The zero-order chi connectivity index (χ0) is 60.2. The second-order valence-corrected chi connectivity index (χ2v) is 25.3. The summed E-state index contributed by atoms with van der Waals surface area (Å²) in [6.45, 7) is 21.1. The van der Waals surface area contributed by atoms with Crippen LogP contribution in [0.1, 0.15) is 139 Å². The third kappa shape index (κ3) is 16.8. The number of Topliss-reactive ketones (excluding diaryl/α,β-unsaturated/α-hetero) is 2. The van der Waals surface area contributed by atoms with Crippen LogP contribution in [-0.2, 0) is 60.7 Å². The number of ether oxygens (including phenoxy) is 1. The Labute approximate surface area is 484 Å². The molecule has 2 aliphatic heterocycles. The normalized spacial score (nSPS) is 26.5. The van der Waals surface area contributed by atoms with Gasteiger partial charge in [0.2, 0.25) is 29.5 Å². The zero-order valence-corrected chi connectivity index (χ0v) is 52.1. The molecule has 17 nitrogen and oxygen atoms in total. The standard InChI is InChI=1S/C62H93BrN6O11/c1-17-39(9)45-35-49(70)47-28-23-29-69(47)59(76)48(33-42-26-22-27-44(63)31-42)65(13)58(75)46(32-41-24-20-19-21-25-41)64-55(72)52(38(7)8)67(15)60(77)53(40(10)18-2)80-61(78)54(62(11,12)79)68(16)56(73)43(30-36(3)4)34-50(71)51(37(5)6)66(14)57(45)74/h19-22,24-27,31,36-40,43,45-48,51-54,79H,17-18,23,28-30,32-35H2,1-16H3,(H,64,72)/t39?,40?,43-,45+,46+,47+,48+,51+,52+,53-,54-/m1/s1. The van der Waals surface area contributed by atoms with Crippen LogP contribution in [0.3, 0.4) is 0 Å². The van der Waals surface area contributed by atoms with Crippen molar-refractivity contribution in [3.8, 4) is 0 Å². The van der Waals surface area contributed by atoms with Gasteiger partial charge in [0.1, 0.15) is 18.1 Å². The summed E-state index contributed by atoms with van der Waals surface area (Å²) in [5.74, 6) is -9.34. The van der Waals surface area contributed by atoms with E-state index in [1.807, 2.05) is 84.0 Å². The summed E-state index contributed by atoms with van der Waals surface area (Å²) < 4.78 is 6.87. The summed E-state index contributed by atoms with van der Waals surface area (Å²) >= 11 is 3.55. The van der Waals surface area contributed by atoms with Crippen molar-refractivity contribution in [2.24, 2.45) is 41.4 Å². The molecule has 2 heterocycles. The van der Waals surface area contributed by atoms with Crippen LogP contribution in [0.25, 0.3) is 0 Å². The molecule has 0 spiro atoms. The number of carbonyl (C=O) groups is 9. The lowest BCUT2D eigenvalue weighted by Crippen LogP contribution is -2.61. The lowest BCUT2D eigenvalue weighted by Gasteiger charge is -2.39. The number of cyclic esters (lactones) is 1. The average molecular weight is 1180 g/mol. The van der Waals surface area contributed by atoms with E-state index in [2.05, 4.69) is 21.2 Å². The first-order chi connectivity index (χ1) is 37.4. The second kappa shape index (κ2) is 29.5. The number of nitrogens with one attached hydrogen (secondary N) is 1. The van der Waals surface area contributed by atoms with Gasteiger partial charge in [-0.2, -0.15) is 0 Å². The molecule has 0 aliphatic carbocycles. The van der Waals surface area contributed by atoms with Gasteiger partial charge in [-0.1, -0.05) is 134 Å². The Morgan fingerprint density at radius 2 is 1.25 bits per heavy atom. The molecule has 2 fully saturated rings. The average Bonchev–Trinajstić information content (AvgIpc) is 3.90. The van der Waals surface area contributed by atoms with E-state index in [0.717, 1.165) is 14.9 Å². The molecule has 11 atom stereocenters. The molecule has 2 saturated heterocycles. The molecule has 2 N–H and O–H groups in total. The van der Waals surface area contributed by atoms with E-state index in [4.69, 9.17) is 4.74 Å². The number of esters is 1. The molecule has 6 amide bonds. The van der Waals surface area contributed by atoms with Crippen LogP contribution < -0.4 is 5.32 Å². The van der Waals surface area contributed by atoms with E-state index in [-0.39, 0.29) is 56.3 Å². The van der Waals surface area contributed by atoms with Crippen LogP contribution in [0.2, 0.25) is 0 Å². The van der Waals surface area contributed by atoms with E-state index in [1.54, 1.807) is 46.9 Å². The van der Waals surface area contributed by atoms with Gasteiger partial charge >= 0.3 is 5.97 Å². The highest BCUT2D eigenvalue weighted by Gasteiger charge is 2.48. The Bertz CT molecular complexity index is 2500. The van der Waals surface area contributed by atoms with Crippen molar-refractivity contribution in [3.05, 3.63) is 70.2 Å². The van der Waals surface area contributed by atoms with Crippen LogP contribution in [-0.4, -0.2) is 165 Å². The van der Waals surface area contributed by atoms with Crippen molar-refractivity contribution in [1.82, 2.24) is 29.8 Å². The van der Waals surface area contributed by atoms with Crippen LogP contribution in [0, 0.1) is 41.4 Å². The molecular formula is C62H93BrN6O11. The molecule has 18 heteroatoms. The van der Waals surface area contributed by atoms with Crippen LogP contribution in [0.5, 0.6) is 0 Å². The number of likely N-dealkylation sites (N-methyl/N-ethyl adjacent to an activating group) is 4. The molecule has 0 aromatic heterocycles. The second-order valence-electron chi connectivity index (χ2n) is 24.4. The Hall–Kier alpha value is -5.49. The summed E-state index contributed by atoms with van der Waals surface area (Å²) in [6.07, 6.45) is -0.107. The third-order valence-electron chi connectivity index (χ3n) is 16.5. The number of ketones is 2. The minimum absolute atomic E-state index is 0.000701. The van der Waals surface area contributed by atoms with Crippen molar-refractivity contribution in [3.63, 3.8) is 0 Å². The summed E-state index contributed by atoms with van der Waals surface area (Å²) in [7, 11) is 5.82. The van der Waals surface area contributed by atoms with Crippen molar-refractivity contribution < 1.29 is 53.0 Å². The van der Waals surface area contributed by atoms with Gasteiger partial charge in [-0.3, -0.25) is 38.4 Å². The fourth-order valence-electron chi connectivity index (χ4n) is 11.8. The first-order valence-electron chi connectivity index (χ1n) is 28.8. The number of rotatable bonds is 13. The molecule has 0 radical (unpaired) electrons. The Morgan fingerprint density at radius 3 is 1.80 bits per heavy atom. The molecule has 2 aromatic carbocycles. The number of halogens is 1. The van der Waals surface area contributed by atoms with E-state index in [1.165, 1.54) is 54.6 Å². The zero-order valence-electron chi connectivity index (χ0n) is 50.5. The molecular weight excluding hydrogens is 1080 g/mol. The molecule has 0 bridgehead atoms. The molecule has 2 unspecified atom stereocenters. The van der Waals surface area contributed by atoms with Gasteiger partial charge in [-0.15, -0.1) is 0 Å². The largest absolute Gasteiger partial charge is 0.450 e. The Kier molecular flexibility index (Phi) is 24.7. The van der Waals surface area contributed by atoms with Crippen LogP contribution in [0.4, 0.5) is 0 Å². The number of benzene rings is 2. The quantitative estimate of drug-likeness (QED) is 0.190. The summed E-state index contributed by atoms with van der Waals surface area (Å²) in [5.41, 5.74) is -0.523. The highest BCUT2D eigenvalue weighted by Crippen LogP contribution is 2.32. The minimum Gasteiger partial charge on any atom is -0.450 e. The van der Waals surface area contributed by atoms with Gasteiger partial charge in [-0.25, -0.2) is 4.79 Å². The number of hydrogen-bond acceptors (Lipinski definition) is 11. The maximum absolute atomic E-state index is 15.4.